The van der Waals surface area contributed by atoms with Gasteiger partial charge in [0.05, 0.1) is 10.6 Å². The topological polar surface area (TPSA) is 62.7 Å². The van der Waals surface area contributed by atoms with Gasteiger partial charge >= 0.3 is 0 Å². The highest BCUT2D eigenvalue weighted by atomic mass is 32.1. The van der Waals surface area contributed by atoms with Crippen LogP contribution in [0.4, 0.5) is 5.69 Å². The summed E-state index contributed by atoms with van der Waals surface area (Å²) >= 11 is 1.41. The summed E-state index contributed by atoms with van der Waals surface area (Å²) in [6, 6.07) is 7.85. The van der Waals surface area contributed by atoms with Crippen LogP contribution in [0.3, 0.4) is 0 Å². The maximum Gasteiger partial charge on any atom is 0.195 e. The summed E-state index contributed by atoms with van der Waals surface area (Å²) in [5.74, 6) is 0. The summed E-state index contributed by atoms with van der Waals surface area (Å²) in [6.45, 7) is 3.94. The van der Waals surface area contributed by atoms with Crippen LogP contribution in [0.15, 0.2) is 18.2 Å². The van der Waals surface area contributed by atoms with E-state index < -0.39 is 0 Å². The smallest absolute Gasteiger partial charge is 0.195 e. The van der Waals surface area contributed by atoms with Gasteiger partial charge in [-0.15, -0.1) is 11.3 Å². The van der Waals surface area contributed by atoms with Gasteiger partial charge in [-0.05, 0) is 37.1 Å². The third-order valence-electron chi connectivity index (χ3n) is 2.40. The minimum Gasteiger partial charge on any atom is -0.399 e. The lowest BCUT2D eigenvalue weighted by molar-refractivity contribution is 1.24. The highest BCUT2D eigenvalue weighted by Crippen LogP contribution is 2.33. The molecule has 2 N–H and O–H groups in total. The zero-order chi connectivity index (χ0) is 11.7. The Morgan fingerprint density at radius 2 is 2.12 bits per heavy atom. The Hall–Kier alpha value is -1.86. The van der Waals surface area contributed by atoms with Crippen molar-refractivity contribution < 1.29 is 0 Å². The van der Waals surface area contributed by atoms with Gasteiger partial charge in [0.15, 0.2) is 5.01 Å². The second-order valence-corrected chi connectivity index (χ2v) is 4.62. The largest absolute Gasteiger partial charge is 0.399 e. The molecule has 0 unspecified atom stereocenters. The number of aryl methyl sites for hydroxylation is 2. The summed E-state index contributed by atoms with van der Waals surface area (Å²) in [6.07, 6.45) is 0. The fourth-order valence-corrected chi connectivity index (χ4v) is 2.52. The predicted molar refractivity (Wildman–Crippen MR) is 66.2 cm³/mol. The third kappa shape index (κ3) is 1.77. The van der Waals surface area contributed by atoms with Gasteiger partial charge < -0.3 is 5.73 Å². The Morgan fingerprint density at radius 1 is 1.38 bits per heavy atom. The number of nitrogens with zero attached hydrogens (tertiary/aromatic N) is 2. The maximum atomic E-state index is 8.82. The van der Waals surface area contributed by atoms with E-state index >= 15 is 0 Å². The molecule has 2 rings (SSSR count). The number of nitrogen functional groups attached to an aromatic ring is 1. The first-order chi connectivity index (χ1) is 7.61. The van der Waals surface area contributed by atoms with E-state index in [1.807, 2.05) is 32.0 Å². The van der Waals surface area contributed by atoms with E-state index in [1.54, 1.807) is 0 Å². The molecule has 3 nitrogen and oxygen atoms in total. The molecule has 0 amide bonds. The Balaban J connectivity index is 2.63. The second-order valence-electron chi connectivity index (χ2n) is 3.62. The zero-order valence-corrected chi connectivity index (χ0v) is 9.93. The molecule has 0 aliphatic carbocycles. The fraction of sp³-hybridized carbons (Fsp3) is 0.167. The van der Waals surface area contributed by atoms with Crippen molar-refractivity contribution in [1.29, 1.82) is 5.26 Å². The van der Waals surface area contributed by atoms with Crippen molar-refractivity contribution in [2.75, 3.05) is 5.73 Å². The Morgan fingerprint density at radius 3 is 2.75 bits per heavy atom. The SMILES string of the molecule is Cc1ccc(N)cc1-c1sc(C#N)nc1C. The predicted octanol–water partition coefficient (Wildman–Crippen LogP) is 2.88. The van der Waals surface area contributed by atoms with Crippen molar-refractivity contribution in [3.63, 3.8) is 0 Å². The molecular weight excluding hydrogens is 218 g/mol. The lowest BCUT2D eigenvalue weighted by Crippen LogP contribution is -1.88. The third-order valence-corrected chi connectivity index (χ3v) is 3.49. The highest BCUT2D eigenvalue weighted by molar-refractivity contribution is 7.15. The number of hydrogen-bond donors (Lipinski definition) is 1. The van der Waals surface area contributed by atoms with Crippen molar-refractivity contribution in [3.8, 4) is 16.5 Å². The molecule has 0 radical (unpaired) electrons. The van der Waals surface area contributed by atoms with Crippen LogP contribution in [-0.4, -0.2) is 4.98 Å². The van der Waals surface area contributed by atoms with Gasteiger partial charge in [0.25, 0.3) is 0 Å². The number of nitriles is 1. The molecule has 0 saturated heterocycles. The number of rotatable bonds is 1. The first kappa shape index (κ1) is 10.7. The normalized spacial score (nSPS) is 10.1. The molecule has 0 atom stereocenters. The van der Waals surface area contributed by atoms with Crippen LogP contribution in [0.5, 0.6) is 0 Å². The van der Waals surface area contributed by atoms with Gasteiger partial charge in [-0.1, -0.05) is 6.07 Å². The summed E-state index contributed by atoms with van der Waals surface area (Å²) in [5, 5.41) is 9.31. The Bertz CT molecular complexity index is 578. The lowest BCUT2D eigenvalue weighted by atomic mass is 10.1. The van der Waals surface area contributed by atoms with Gasteiger partial charge in [-0.25, -0.2) is 4.98 Å². The molecule has 0 aliphatic rings. The van der Waals surface area contributed by atoms with Crippen LogP contribution in [0.1, 0.15) is 16.3 Å². The molecule has 1 aromatic heterocycles. The van der Waals surface area contributed by atoms with Crippen LogP contribution >= 0.6 is 11.3 Å². The molecule has 80 valence electrons. The Kier molecular flexibility index (Phi) is 2.63. The molecule has 2 aromatic rings. The molecule has 0 aliphatic heterocycles. The van der Waals surface area contributed by atoms with Crippen molar-refractivity contribution in [2.24, 2.45) is 0 Å². The summed E-state index contributed by atoms with van der Waals surface area (Å²) in [7, 11) is 0. The average molecular weight is 229 g/mol. The van der Waals surface area contributed by atoms with E-state index in [0.717, 1.165) is 27.4 Å². The van der Waals surface area contributed by atoms with Crippen LogP contribution in [-0.2, 0) is 0 Å². The van der Waals surface area contributed by atoms with E-state index in [1.165, 1.54) is 11.3 Å². The first-order valence-corrected chi connectivity index (χ1v) is 5.67. The number of anilines is 1. The number of aromatic nitrogens is 1. The summed E-state index contributed by atoms with van der Waals surface area (Å²) in [5.41, 5.74) is 9.60. The van der Waals surface area contributed by atoms with E-state index in [-0.39, 0.29) is 0 Å². The van der Waals surface area contributed by atoms with Crippen molar-refractivity contribution in [2.45, 2.75) is 13.8 Å². The van der Waals surface area contributed by atoms with E-state index in [9.17, 15) is 0 Å². The number of nitrogens with two attached hydrogens (primary N) is 1. The molecule has 0 saturated carbocycles. The standard InChI is InChI=1S/C12H11N3S/c1-7-3-4-9(14)5-10(7)12-8(2)15-11(6-13)16-12/h3-5H,14H2,1-2H3. The van der Waals surface area contributed by atoms with Gasteiger partial charge in [0.2, 0.25) is 0 Å². The molecular formula is C12H11N3S. The molecule has 1 heterocycles. The number of benzene rings is 1. The summed E-state index contributed by atoms with van der Waals surface area (Å²) < 4.78 is 0. The maximum absolute atomic E-state index is 8.82. The van der Waals surface area contributed by atoms with Gasteiger partial charge in [0.1, 0.15) is 6.07 Å². The summed E-state index contributed by atoms with van der Waals surface area (Å²) in [4.78, 5) is 5.22. The minimum absolute atomic E-state index is 0.495. The van der Waals surface area contributed by atoms with Crippen LogP contribution in [0.2, 0.25) is 0 Å². The van der Waals surface area contributed by atoms with Crippen LogP contribution < -0.4 is 5.73 Å². The molecule has 0 fully saturated rings. The van der Waals surface area contributed by atoms with E-state index in [0.29, 0.717) is 5.01 Å². The van der Waals surface area contributed by atoms with Crippen molar-refractivity contribution in [1.82, 2.24) is 4.98 Å². The van der Waals surface area contributed by atoms with Gasteiger partial charge in [0, 0.05) is 5.69 Å². The zero-order valence-electron chi connectivity index (χ0n) is 9.11. The van der Waals surface area contributed by atoms with Gasteiger partial charge in [-0.2, -0.15) is 5.26 Å². The monoisotopic (exact) mass is 229 g/mol. The average Bonchev–Trinajstić information content (AvgIpc) is 2.63. The van der Waals surface area contributed by atoms with Crippen molar-refractivity contribution >= 4 is 17.0 Å². The highest BCUT2D eigenvalue weighted by Gasteiger charge is 2.11. The van der Waals surface area contributed by atoms with Crippen LogP contribution in [0, 0.1) is 25.2 Å². The molecule has 0 spiro atoms. The number of hydrogen-bond acceptors (Lipinski definition) is 4. The molecule has 1 aromatic carbocycles. The second kappa shape index (κ2) is 3.95. The quantitative estimate of drug-likeness (QED) is 0.765. The molecule has 4 heteroatoms. The van der Waals surface area contributed by atoms with Crippen LogP contribution in [0.25, 0.3) is 10.4 Å². The van der Waals surface area contributed by atoms with Gasteiger partial charge in [-0.3, -0.25) is 0 Å². The Labute approximate surface area is 98.2 Å². The first-order valence-electron chi connectivity index (χ1n) is 4.86. The molecule has 16 heavy (non-hydrogen) atoms. The fourth-order valence-electron chi connectivity index (χ4n) is 1.58. The minimum atomic E-state index is 0.495. The number of thiazole rings is 1. The lowest BCUT2D eigenvalue weighted by Gasteiger charge is -2.04. The van der Waals surface area contributed by atoms with E-state index in [2.05, 4.69) is 11.1 Å². The van der Waals surface area contributed by atoms with Crippen molar-refractivity contribution in [3.05, 3.63) is 34.5 Å². The molecule has 0 bridgehead atoms. The van der Waals surface area contributed by atoms with E-state index in [4.69, 9.17) is 11.0 Å².